The molecule has 0 fully saturated rings. The van der Waals surface area contributed by atoms with Crippen molar-refractivity contribution in [2.75, 3.05) is 5.32 Å². The molecule has 7 heteroatoms. The SMILES string of the molecule is Cc1cc(NC(=O)c2n[nH]nc2-c2cccc(Cl)c2)ccc1F. The van der Waals surface area contributed by atoms with Crippen LogP contribution in [0.15, 0.2) is 42.5 Å². The molecule has 0 bridgehead atoms. The van der Waals surface area contributed by atoms with E-state index in [1.807, 2.05) is 0 Å². The minimum atomic E-state index is -0.445. The van der Waals surface area contributed by atoms with Gasteiger partial charge < -0.3 is 5.32 Å². The summed E-state index contributed by atoms with van der Waals surface area (Å²) in [5, 5.41) is 13.5. The second-order valence-electron chi connectivity index (χ2n) is 4.95. The molecule has 5 nitrogen and oxygen atoms in total. The van der Waals surface area contributed by atoms with Crippen LogP contribution in [0.5, 0.6) is 0 Å². The van der Waals surface area contributed by atoms with Gasteiger partial charge in [0.25, 0.3) is 5.91 Å². The van der Waals surface area contributed by atoms with E-state index in [0.717, 1.165) is 0 Å². The maximum Gasteiger partial charge on any atom is 0.278 e. The number of hydrogen-bond donors (Lipinski definition) is 2. The molecule has 0 aliphatic heterocycles. The summed E-state index contributed by atoms with van der Waals surface area (Å²) in [6.07, 6.45) is 0. The summed E-state index contributed by atoms with van der Waals surface area (Å²) < 4.78 is 13.3. The lowest BCUT2D eigenvalue weighted by Gasteiger charge is -2.06. The van der Waals surface area contributed by atoms with Gasteiger partial charge in [0.05, 0.1) is 0 Å². The number of aromatic nitrogens is 3. The molecule has 0 unspecified atom stereocenters. The highest BCUT2D eigenvalue weighted by Gasteiger charge is 2.18. The number of hydrogen-bond acceptors (Lipinski definition) is 3. The van der Waals surface area contributed by atoms with Gasteiger partial charge in [-0.2, -0.15) is 15.4 Å². The second kappa shape index (κ2) is 6.18. The number of H-pyrrole nitrogens is 1. The van der Waals surface area contributed by atoms with Crippen molar-refractivity contribution < 1.29 is 9.18 Å². The van der Waals surface area contributed by atoms with Crippen molar-refractivity contribution in [2.24, 2.45) is 0 Å². The molecule has 1 aromatic heterocycles. The monoisotopic (exact) mass is 330 g/mol. The van der Waals surface area contributed by atoms with Crippen molar-refractivity contribution >= 4 is 23.2 Å². The van der Waals surface area contributed by atoms with Crippen LogP contribution in [-0.2, 0) is 0 Å². The molecule has 23 heavy (non-hydrogen) atoms. The van der Waals surface area contributed by atoms with Gasteiger partial charge in [0.1, 0.15) is 11.5 Å². The number of benzene rings is 2. The first-order chi connectivity index (χ1) is 11.0. The van der Waals surface area contributed by atoms with Gasteiger partial charge in [-0.25, -0.2) is 4.39 Å². The second-order valence-corrected chi connectivity index (χ2v) is 5.39. The van der Waals surface area contributed by atoms with Crippen molar-refractivity contribution in [2.45, 2.75) is 6.92 Å². The molecule has 116 valence electrons. The quantitative estimate of drug-likeness (QED) is 0.766. The number of aryl methyl sites for hydroxylation is 1. The molecule has 0 aliphatic carbocycles. The molecule has 1 heterocycles. The van der Waals surface area contributed by atoms with Gasteiger partial charge in [-0.3, -0.25) is 4.79 Å². The van der Waals surface area contributed by atoms with Crippen molar-refractivity contribution in [1.29, 1.82) is 0 Å². The molecule has 1 amide bonds. The lowest BCUT2D eigenvalue weighted by atomic mass is 10.1. The number of aromatic amines is 1. The van der Waals surface area contributed by atoms with Crippen LogP contribution < -0.4 is 5.32 Å². The maximum absolute atomic E-state index is 13.3. The molecule has 0 atom stereocenters. The van der Waals surface area contributed by atoms with Crippen molar-refractivity contribution in [3.05, 3.63) is 64.6 Å². The number of amides is 1. The van der Waals surface area contributed by atoms with E-state index in [1.165, 1.54) is 12.1 Å². The first kappa shape index (κ1) is 15.2. The fourth-order valence-corrected chi connectivity index (χ4v) is 2.33. The molecule has 0 aliphatic rings. The van der Waals surface area contributed by atoms with Crippen LogP contribution in [-0.4, -0.2) is 21.3 Å². The zero-order valence-corrected chi connectivity index (χ0v) is 12.9. The van der Waals surface area contributed by atoms with Crippen LogP contribution >= 0.6 is 11.6 Å². The van der Waals surface area contributed by atoms with Crippen LogP contribution in [0.3, 0.4) is 0 Å². The van der Waals surface area contributed by atoms with Gasteiger partial charge in [0.15, 0.2) is 5.69 Å². The lowest BCUT2D eigenvalue weighted by molar-refractivity contribution is 0.102. The van der Waals surface area contributed by atoms with Crippen LogP contribution in [0.25, 0.3) is 11.3 Å². The zero-order chi connectivity index (χ0) is 16.4. The minimum Gasteiger partial charge on any atom is -0.321 e. The van der Waals surface area contributed by atoms with E-state index in [1.54, 1.807) is 37.3 Å². The normalized spacial score (nSPS) is 10.6. The molecule has 0 radical (unpaired) electrons. The minimum absolute atomic E-state index is 0.134. The predicted molar refractivity (Wildman–Crippen MR) is 85.9 cm³/mol. The third-order valence-electron chi connectivity index (χ3n) is 3.28. The standard InChI is InChI=1S/C16H12ClFN4O/c1-9-7-12(5-6-13(9)18)19-16(23)15-14(20-22-21-15)10-3-2-4-11(17)8-10/h2-8H,1H3,(H,19,23)(H,20,21,22). The van der Waals surface area contributed by atoms with Crippen molar-refractivity contribution in [3.63, 3.8) is 0 Å². The summed E-state index contributed by atoms with van der Waals surface area (Å²) in [4.78, 5) is 12.4. The molecule has 2 aromatic carbocycles. The number of rotatable bonds is 3. The fourth-order valence-electron chi connectivity index (χ4n) is 2.14. The molecule has 3 rings (SSSR count). The largest absolute Gasteiger partial charge is 0.321 e. The number of carbonyl (C=O) groups is 1. The third kappa shape index (κ3) is 3.22. The Morgan fingerprint density at radius 1 is 1.22 bits per heavy atom. The van der Waals surface area contributed by atoms with Crippen molar-refractivity contribution in [3.8, 4) is 11.3 Å². The average molecular weight is 331 g/mol. The van der Waals surface area contributed by atoms with Gasteiger partial charge >= 0.3 is 0 Å². The van der Waals surface area contributed by atoms with Gasteiger partial charge in [0, 0.05) is 16.3 Å². The summed E-state index contributed by atoms with van der Waals surface area (Å²) in [6.45, 7) is 1.62. The van der Waals surface area contributed by atoms with E-state index in [4.69, 9.17) is 11.6 Å². The Morgan fingerprint density at radius 3 is 2.78 bits per heavy atom. The van der Waals surface area contributed by atoms with Crippen molar-refractivity contribution in [1.82, 2.24) is 15.4 Å². The highest BCUT2D eigenvalue weighted by Crippen LogP contribution is 2.23. The Morgan fingerprint density at radius 2 is 2.04 bits per heavy atom. The summed E-state index contributed by atoms with van der Waals surface area (Å²) in [7, 11) is 0. The van der Waals surface area contributed by atoms with Gasteiger partial charge in [-0.15, -0.1) is 0 Å². The van der Waals surface area contributed by atoms with Crippen LogP contribution in [0, 0.1) is 12.7 Å². The number of nitrogens with one attached hydrogen (secondary N) is 2. The van der Waals surface area contributed by atoms with E-state index >= 15 is 0 Å². The number of anilines is 1. The predicted octanol–water partition coefficient (Wildman–Crippen LogP) is 3.82. The van der Waals surface area contributed by atoms with E-state index in [0.29, 0.717) is 27.5 Å². The summed E-state index contributed by atoms with van der Waals surface area (Å²) in [6, 6.07) is 11.3. The Hall–Kier alpha value is -2.73. The number of carbonyl (C=O) groups excluding carboxylic acids is 1. The highest BCUT2D eigenvalue weighted by atomic mass is 35.5. The topological polar surface area (TPSA) is 70.7 Å². The van der Waals surface area contributed by atoms with Crippen LogP contribution in [0.1, 0.15) is 16.1 Å². The molecule has 0 spiro atoms. The van der Waals surface area contributed by atoms with E-state index < -0.39 is 5.91 Å². The van der Waals surface area contributed by atoms with Gasteiger partial charge in [-0.05, 0) is 42.8 Å². The molecule has 2 N–H and O–H groups in total. The maximum atomic E-state index is 13.3. The average Bonchev–Trinajstić information content (AvgIpc) is 3.00. The zero-order valence-electron chi connectivity index (χ0n) is 12.1. The van der Waals surface area contributed by atoms with E-state index in [-0.39, 0.29) is 11.5 Å². The fraction of sp³-hybridized carbons (Fsp3) is 0.0625. The molecule has 3 aromatic rings. The van der Waals surface area contributed by atoms with Gasteiger partial charge in [0.2, 0.25) is 0 Å². The first-order valence-corrected chi connectivity index (χ1v) is 7.16. The number of nitrogens with zero attached hydrogens (tertiary/aromatic N) is 2. The smallest absolute Gasteiger partial charge is 0.278 e. The first-order valence-electron chi connectivity index (χ1n) is 6.79. The van der Waals surface area contributed by atoms with E-state index in [9.17, 15) is 9.18 Å². The Balaban J connectivity index is 1.89. The summed E-state index contributed by atoms with van der Waals surface area (Å²) >= 11 is 5.96. The van der Waals surface area contributed by atoms with Gasteiger partial charge in [-0.1, -0.05) is 23.7 Å². The Bertz CT molecular complexity index is 878. The molecular formula is C16H12ClFN4O. The Labute approximate surface area is 136 Å². The number of halogens is 2. The molecule has 0 saturated heterocycles. The molecule has 0 saturated carbocycles. The summed E-state index contributed by atoms with van der Waals surface area (Å²) in [5.41, 5.74) is 2.12. The highest BCUT2D eigenvalue weighted by molar-refractivity contribution is 6.30. The lowest BCUT2D eigenvalue weighted by Crippen LogP contribution is -2.13. The van der Waals surface area contributed by atoms with Crippen LogP contribution in [0.2, 0.25) is 5.02 Å². The third-order valence-corrected chi connectivity index (χ3v) is 3.51. The van der Waals surface area contributed by atoms with Crippen LogP contribution in [0.4, 0.5) is 10.1 Å². The Kier molecular flexibility index (Phi) is 4.08. The molecular weight excluding hydrogens is 319 g/mol. The summed E-state index contributed by atoms with van der Waals surface area (Å²) in [5.74, 6) is -0.774. The van der Waals surface area contributed by atoms with E-state index in [2.05, 4.69) is 20.7 Å².